The molecule has 0 amide bonds. The van der Waals surface area contributed by atoms with Crippen LogP contribution < -0.4 is 5.32 Å². The molecule has 0 spiro atoms. The zero-order valence-corrected chi connectivity index (χ0v) is 6.84. The average Bonchev–Trinajstić information content (AvgIpc) is 1.85. The molecule has 1 fully saturated rings. The highest BCUT2D eigenvalue weighted by molar-refractivity contribution is 5.73. The summed E-state index contributed by atoms with van der Waals surface area (Å²) in [6.45, 7) is 0. The van der Waals surface area contributed by atoms with Gasteiger partial charge in [0.1, 0.15) is 6.04 Å². The summed E-state index contributed by atoms with van der Waals surface area (Å²) in [6, 6.07) is -0.333. The molecule has 0 heterocycles. The zero-order chi connectivity index (χ0) is 8.27. The number of carboxylic acids is 1. The van der Waals surface area contributed by atoms with Crippen molar-refractivity contribution in [3.8, 4) is 0 Å². The summed E-state index contributed by atoms with van der Waals surface area (Å²) in [7, 11) is 1.71. The van der Waals surface area contributed by atoms with Gasteiger partial charge in [0, 0.05) is 0 Å². The first-order valence-corrected chi connectivity index (χ1v) is 4.14. The Bertz CT molecular complexity index is 143. The molecule has 0 radical (unpaired) electrons. The van der Waals surface area contributed by atoms with Crippen molar-refractivity contribution in [3.63, 3.8) is 0 Å². The summed E-state index contributed by atoms with van der Waals surface area (Å²) in [4.78, 5) is 10.5. The van der Waals surface area contributed by atoms with Crippen LogP contribution in [-0.2, 0) is 4.79 Å². The molecular weight excluding hydrogens is 142 g/mol. The van der Waals surface area contributed by atoms with Crippen molar-refractivity contribution >= 4 is 5.97 Å². The summed E-state index contributed by atoms with van der Waals surface area (Å²) in [6.07, 6.45) is 4.50. The normalized spacial score (nSPS) is 20.8. The molecule has 1 saturated carbocycles. The molecule has 2 N–H and O–H groups in total. The lowest BCUT2D eigenvalue weighted by Gasteiger charge is -2.27. The number of rotatable bonds is 4. The van der Waals surface area contributed by atoms with Crippen molar-refractivity contribution in [2.75, 3.05) is 7.05 Å². The number of aliphatic carboxylic acids is 1. The summed E-state index contributed by atoms with van der Waals surface area (Å²) < 4.78 is 0. The minimum atomic E-state index is -0.723. The summed E-state index contributed by atoms with van der Waals surface area (Å²) >= 11 is 0. The number of carboxylic acid groups (broad SMARTS) is 1. The van der Waals surface area contributed by atoms with Crippen LogP contribution in [0.1, 0.15) is 25.7 Å². The first kappa shape index (κ1) is 8.53. The van der Waals surface area contributed by atoms with Gasteiger partial charge in [-0.1, -0.05) is 19.3 Å². The van der Waals surface area contributed by atoms with Crippen molar-refractivity contribution in [1.29, 1.82) is 0 Å². The fourth-order valence-electron chi connectivity index (χ4n) is 1.40. The Labute approximate surface area is 66.8 Å². The van der Waals surface area contributed by atoms with Gasteiger partial charge in [-0.25, -0.2) is 0 Å². The highest BCUT2D eigenvalue weighted by atomic mass is 16.4. The van der Waals surface area contributed by atoms with E-state index in [1.807, 2.05) is 0 Å². The van der Waals surface area contributed by atoms with Crippen LogP contribution in [0.15, 0.2) is 0 Å². The third-order valence-corrected chi connectivity index (χ3v) is 2.44. The van der Waals surface area contributed by atoms with Crippen LogP contribution in [0.25, 0.3) is 0 Å². The lowest BCUT2D eigenvalue weighted by atomic mass is 9.81. The minimum absolute atomic E-state index is 0.333. The topological polar surface area (TPSA) is 49.3 Å². The maximum Gasteiger partial charge on any atom is 0.320 e. The van der Waals surface area contributed by atoms with Crippen molar-refractivity contribution < 1.29 is 9.90 Å². The maximum atomic E-state index is 10.5. The van der Waals surface area contributed by atoms with E-state index in [2.05, 4.69) is 5.32 Å². The van der Waals surface area contributed by atoms with Crippen LogP contribution in [0, 0.1) is 5.92 Å². The molecule has 0 aromatic rings. The molecule has 1 atom stereocenters. The summed E-state index contributed by atoms with van der Waals surface area (Å²) in [5.41, 5.74) is 0. The van der Waals surface area contributed by atoms with Crippen molar-refractivity contribution in [2.45, 2.75) is 31.7 Å². The number of nitrogens with one attached hydrogen (secondary N) is 1. The van der Waals surface area contributed by atoms with E-state index in [0.717, 1.165) is 6.42 Å². The molecule has 1 rings (SSSR count). The van der Waals surface area contributed by atoms with Crippen molar-refractivity contribution in [1.82, 2.24) is 5.32 Å². The Morgan fingerprint density at radius 1 is 1.73 bits per heavy atom. The van der Waals surface area contributed by atoms with Gasteiger partial charge in [-0.2, -0.15) is 0 Å². The predicted octanol–water partition coefficient (Wildman–Crippen LogP) is 0.849. The summed E-state index contributed by atoms with van der Waals surface area (Å²) in [5, 5.41) is 11.5. The number of carbonyl (C=O) groups is 1. The Kier molecular flexibility index (Phi) is 2.88. The van der Waals surface area contributed by atoms with Gasteiger partial charge < -0.3 is 10.4 Å². The van der Waals surface area contributed by atoms with Gasteiger partial charge in [-0.15, -0.1) is 0 Å². The van der Waals surface area contributed by atoms with Crippen molar-refractivity contribution in [2.24, 2.45) is 5.92 Å². The van der Waals surface area contributed by atoms with Gasteiger partial charge in [-0.05, 0) is 19.4 Å². The number of likely N-dealkylation sites (N-methyl/N-ethyl adjacent to an activating group) is 1. The van der Waals surface area contributed by atoms with Gasteiger partial charge in [0.25, 0.3) is 0 Å². The van der Waals surface area contributed by atoms with Crippen LogP contribution in [0.3, 0.4) is 0 Å². The fraction of sp³-hybridized carbons (Fsp3) is 0.875. The number of hydrogen-bond acceptors (Lipinski definition) is 2. The van der Waals surface area contributed by atoms with E-state index in [0.29, 0.717) is 5.92 Å². The molecule has 1 aliphatic rings. The molecule has 64 valence electrons. The molecular formula is C8H15NO2. The Balaban J connectivity index is 2.24. The molecule has 1 aliphatic carbocycles. The predicted molar refractivity (Wildman–Crippen MR) is 42.4 cm³/mol. The smallest absolute Gasteiger partial charge is 0.320 e. The first-order valence-electron chi connectivity index (χ1n) is 4.14. The van der Waals surface area contributed by atoms with E-state index in [4.69, 9.17) is 5.11 Å². The lowest BCUT2D eigenvalue weighted by molar-refractivity contribution is -0.140. The van der Waals surface area contributed by atoms with Gasteiger partial charge in [0.15, 0.2) is 0 Å². The Morgan fingerprint density at radius 3 is 2.64 bits per heavy atom. The second-order valence-electron chi connectivity index (χ2n) is 3.21. The average molecular weight is 157 g/mol. The van der Waals surface area contributed by atoms with Crippen LogP contribution in [-0.4, -0.2) is 24.2 Å². The molecule has 0 aromatic carbocycles. The standard InChI is InChI=1S/C8H15NO2/c1-9-7(8(10)11)5-6-3-2-4-6/h6-7,9H,2-5H2,1H3,(H,10,11)/t7-/m0/s1. The van der Waals surface area contributed by atoms with Gasteiger partial charge in [0.05, 0.1) is 0 Å². The first-order chi connectivity index (χ1) is 5.24. The molecule has 3 heteroatoms. The molecule has 0 aromatic heterocycles. The molecule has 3 nitrogen and oxygen atoms in total. The third-order valence-electron chi connectivity index (χ3n) is 2.44. The van der Waals surface area contributed by atoms with Crippen LogP contribution in [0.4, 0.5) is 0 Å². The van der Waals surface area contributed by atoms with Crippen molar-refractivity contribution in [3.05, 3.63) is 0 Å². The SMILES string of the molecule is CN[C@@H](CC1CCC1)C(=O)O. The quantitative estimate of drug-likeness (QED) is 0.636. The van der Waals surface area contributed by atoms with Gasteiger partial charge in [0.2, 0.25) is 0 Å². The molecule has 11 heavy (non-hydrogen) atoms. The van der Waals surface area contributed by atoms with Gasteiger partial charge >= 0.3 is 5.97 Å². The zero-order valence-electron chi connectivity index (χ0n) is 6.84. The Morgan fingerprint density at radius 2 is 2.36 bits per heavy atom. The van der Waals surface area contributed by atoms with Gasteiger partial charge in [-0.3, -0.25) is 4.79 Å². The number of hydrogen-bond donors (Lipinski definition) is 2. The fourth-order valence-corrected chi connectivity index (χ4v) is 1.40. The third kappa shape index (κ3) is 2.19. The highest BCUT2D eigenvalue weighted by Crippen LogP contribution is 2.30. The monoisotopic (exact) mass is 157 g/mol. The molecule has 0 aliphatic heterocycles. The molecule has 0 bridgehead atoms. The Hall–Kier alpha value is -0.570. The second kappa shape index (κ2) is 3.72. The highest BCUT2D eigenvalue weighted by Gasteiger charge is 2.24. The van der Waals surface area contributed by atoms with E-state index in [9.17, 15) is 4.79 Å². The van der Waals surface area contributed by atoms with E-state index in [-0.39, 0.29) is 6.04 Å². The van der Waals surface area contributed by atoms with E-state index < -0.39 is 5.97 Å². The van der Waals surface area contributed by atoms with E-state index in [1.54, 1.807) is 7.05 Å². The minimum Gasteiger partial charge on any atom is -0.480 e. The van der Waals surface area contributed by atoms with E-state index >= 15 is 0 Å². The van der Waals surface area contributed by atoms with Crippen LogP contribution in [0.2, 0.25) is 0 Å². The summed E-state index contributed by atoms with van der Waals surface area (Å²) in [5.74, 6) is -0.0667. The van der Waals surface area contributed by atoms with E-state index in [1.165, 1.54) is 19.3 Å². The molecule has 0 unspecified atom stereocenters. The maximum absolute atomic E-state index is 10.5. The lowest BCUT2D eigenvalue weighted by Crippen LogP contribution is -2.36. The van der Waals surface area contributed by atoms with Crippen LogP contribution in [0.5, 0.6) is 0 Å². The largest absolute Gasteiger partial charge is 0.480 e. The molecule has 0 saturated heterocycles. The second-order valence-corrected chi connectivity index (χ2v) is 3.21. The van der Waals surface area contributed by atoms with Crippen LogP contribution >= 0.6 is 0 Å².